The Morgan fingerprint density at radius 2 is 1.73 bits per heavy atom. The van der Waals surface area contributed by atoms with Crippen molar-refractivity contribution < 1.29 is 45.0 Å². The first-order chi connectivity index (χ1) is 21.2. The monoisotopic (exact) mass is 650 g/mol. The van der Waals surface area contributed by atoms with Crippen LogP contribution in [-0.4, -0.2) is 68.9 Å². The molecule has 1 saturated heterocycles. The van der Waals surface area contributed by atoms with Gasteiger partial charge < -0.3 is 20.1 Å². The fourth-order valence-electron chi connectivity index (χ4n) is 4.36. The van der Waals surface area contributed by atoms with E-state index in [1.165, 1.54) is 19.4 Å². The number of methoxy groups -OCH3 is 1. The van der Waals surface area contributed by atoms with Crippen LogP contribution in [0.4, 0.5) is 33.5 Å². The standard InChI is InChI=1S/C26H22F2N6O3S.C2HF3O2/c1-37-26-23(33-38(35,36)24-5-3-19(27)12-22(24)28)11-17(14-32-26)16-2-4-20-18(13-29)15-31-25(21(20)10-16)34-8-6-30-7-9-34;3-2(4,5)1(6)7/h2-5,10-12,14-15,30,33H,6-9H2,1H3;(H,6,7). The number of carboxylic acids is 1. The summed E-state index contributed by atoms with van der Waals surface area (Å²) in [6.07, 6.45) is -2.00. The van der Waals surface area contributed by atoms with Crippen LogP contribution in [0.5, 0.6) is 5.88 Å². The van der Waals surface area contributed by atoms with Gasteiger partial charge in [0.05, 0.1) is 12.7 Å². The number of aliphatic carboxylic acids is 1. The molecule has 3 heterocycles. The normalized spacial score (nSPS) is 13.4. The number of sulfonamides is 1. The maximum atomic E-state index is 14.2. The molecule has 0 saturated carbocycles. The summed E-state index contributed by atoms with van der Waals surface area (Å²) < 4.78 is 92.6. The molecule has 0 unspecified atom stereocenters. The fourth-order valence-corrected chi connectivity index (χ4v) is 5.47. The minimum atomic E-state index is -5.08. The summed E-state index contributed by atoms with van der Waals surface area (Å²) in [5.41, 5.74) is 1.64. The lowest BCUT2D eigenvalue weighted by atomic mass is 10.00. The molecule has 0 atom stereocenters. The van der Waals surface area contributed by atoms with Gasteiger partial charge in [-0.1, -0.05) is 12.1 Å². The second-order valence-electron chi connectivity index (χ2n) is 9.37. The zero-order valence-electron chi connectivity index (χ0n) is 23.2. The highest BCUT2D eigenvalue weighted by Crippen LogP contribution is 2.35. The second kappa shape index (κ2) is 13.3. The number of rotatable bonds is 6. The zero-order chi connectivity index (χ0) is 32.9. The summed E-state index contributed by atoms with van der Waals surface area (Å²) in [5.74, 6) is -4.16. The van der Waals surface area contributed by atoms with Gasteiger partial charge in [-0.15, -0.1) is 0 Å². The summed E-state index contributed by atoms with van der Waals surface area (Å²) in [5, 5.41) is 21.6. The summed E-state index contributed by atoms with van der Waals surface area (Å²) >= 11 is 0. The van der Waals surface area contributed by atoms with Crippen molar-refractivity contribution in [3.05, 3.63) is 72.1 Å². The molecule has 11 nitrogen and oxygen atoms in total. The lowest BCUT2D eigenvalue weighted by Crippen LogP contribution is -2.44. The third kappa shape index (κ3) is 7.53. The first kappa shape index (κ1) is 32.8. The van der Waals surface area contributed by atoms with Crippen molar-refractivity contribution in [2.24, 2.45) is 0 Å². The third-order valence-corrected chi connectivity index (χ3v) is 7.85. The molecule has 1 aliphatic heterocycles. The molecule has 1 fully saturated rings. The van der Waals surface area contributed by atoms with E-state index in [0.717, 1.165) is 54.9 Å². The highest BCUT2D eigenvalue weighted by atomic mass is 32.2. The number of halogens is 5. The molecule has 0 bridgehead atoms. The van der Waals surface area contributed by atoms with E-state index in [1.54, 1.807) is 12.3 Å². The zero-order valence-corrected chi connectivity index (χ0v) is 24.0. The molecule has 1 aliphatic rings. The quantitative estimate of drug-likeness (QED) is 0.257. The average molecular weight is 651 g/mol. The predicted molar refractivity (Wildman–Crippen MR) is 152 cm³/mol. The van der Waals surface area contributed by atoms with Gasteiger partial charge in [0.2, 0.25) is 5.88 Å². The van der Waals surface area contributed by atoms with E-state index in [1.807, 2.05) is 12.1 Å². The van der Waals surface area contributed by atoms with Crippen molar-refractivity contribution in [2.45, 2.75) is 11.1 Å². The molecule has 5 rings (SSSR count). The van der Waals surface area contributed by atoms with Gasteiger partial charge in [-0.3, -0.25) is 4.72 Å². The van der Waals surface area contributed by atoms with Crippen molar-refractivity contribution in [3.8, 4) is 23.1 Å². The molecule has 0 aliphatic carbocycles. The Kier molecular flexibility index (Phi) is 9.69. The Bertz CT molecular complexity index is 1890. The number of nitriles is 1. The summed E-state index contributed by atoms with van der Waals surface area (Å²) in [7, 11) is -3.10. The Morgan fingerprint density at radius 3 is 2.33 bits per heavy atom. The number of nitrogens with one attached hydrogen (secondary N) is 2. The van der Waals surface area contributed by atoms with E-state index in [0.29, 0.717) is 22.8 Å². The molecule has 3 N–H and O–H groups in total. The highest BCUT2D eigenvalue weighted by Gasteiger charge is 2.38. The molecule has 2 aromatic carbocycles. The Morgan fingerprint density at radius 1 is 1.04 bits per heavy atom. The number of anilines is 2. The van der Waals surface area contributed by atoms with Crippen LogP contribution in [0.25, 0.3) is 21.9 Å². The van der Waals surface area contributed by atoms with Gasteiger partial charge in [0.25, 0.3) is 10.0 Å². The number of ether oxygens (including phenoxy) is 1. The molecular formula is C28H23F5N6O5S. The number of aromatic nitrogens is 2. The number of hydrogen-bond donors (Lipinski definition) is 3. The van der Waals surface area contributed by atoms with Gasteiger partial charge in [0.15, 0.2) is 0 Å². The van der Waals surface area contributed by atoms with Crippen LogP contribution in [0, 0.1) is 23.0 Å². The largest absolute Gasteiger partial charge is 0.490 e. The van der Waals surface area contributed by atoms with Gasteiger partial charge in [-0.2, -0.15) is 18.4 Å². The first-order valence-corrected chi connectivity index (χ1v) is 14.3. The molecule has 17 heteroatoms. The van der Waals surface area contributed by atoms with Gasteiger partial charge in [0.1, 0.15) is 34.1 Å². The number of carboxylic acid groups (broad SMARTS) is 1. The van der Waals surface area contributed by atoms with Crippen LogP contribution in [-0.2, 0) is 14.8 Å². The molecular weight excluding hydrogens is 627 g/mol. The number of carbonyl (C=O) groups is 1. The molecule has 0 spiro atoms. The number of piperazine rings is 1. The Labute approximate surface area is 252 Å². The molecule has 0 radical (unpaired) electrons. The number of pyridine rings is 2. The minimum Gasteiger partial charge on any atom is -0.480 e. The number of fused-ring (bicyclic) bond motifs is 1. The summed E-state index contributed by atoms with van der Waals surface area (Å²) in [4.78, 5) is 19.1. The van der Waals surface area contributed by atoms with E-state index in [9.17, 15) is 35.6 Å². The first-order valence-electron chi connectivity index (χ1n) is 12.9. The molecule has 236 valence electrons. The van der Waals surface area contributed by atoms with Crippen LogP contribution in [0.15, 0.2) is 59.8 Å². The third-order valence-electron chi connectivity index (χ3n) is 6.45. The van der Waals surface area contributed by atoms with Gasteiger partial charge in [-0.25, -0.2) is 32.0 Å². The SMILES string of the molecule is COc1ncc(-c2ccc3c(C#N)cnc(N4CCNCC4)c3c2)cc1NS(=O)(=O)c1ccc(F)cc1F.O=C(O)C(F)(F)F. The van der Waals surface area contributed by atoms with Crippen molar-refractivity contribution in [3.63, 3.8) is 0 Å². The predicted octanol–water partition coefficient (Wildman–Crippen LogP) is 4.30. The van der Waals surface area contributed by atoms with E-state index < -0.39 is 38.7 Å². The lowest BCUT2D eigenvalue weighted by molar-refractivity contribution is -0.192. The topological polar surface area (TPSA) is 158 Å². The number of nitrogens with zero attached hydrogens (tertiary/aromatic N) is 4. The number of hydrogen-bond acceptors (Lipinski definition) is 9. The molecule has 4 aromatic rings. The maximum absolute atomic E-state index is 14.2. The van der Waals surface area contributed by atoms with Crippen LogP contribution in [0.3, 0.4) is 0 Å². The lowest BCUT2D eigenvalue weighted by Gasteiger charge is -2.29. The van der Waals surface area contributed by atoms with E-state index >= 15 is 0 Å². The summed E-state index contributed by atoms with van der Waals surface area (Å²) in [6, 6.07) is 11.4. The van der Waals surface area contributed by atoms with Crippen molar-refractivity contribution in [1.29, 1.82) is 5.26 Å². The fraction of sp³-hybridized carbons (Fsp3) is 0.214. The van der Waals surface area contributed by atoms with Gasteiger partial charge >= 0.3 is 12.1 Å². The smallest absolute Gasteiger partial charge is 0.480 e. The van der Waals surface area contributed by atoms with Crippen molar-refractivity contribution in [2.75, 3.05) is 42.9 Å². The molecule has 45 heavy (non-hydrogen) atoms. The number of alkyl halides is 3. The van der Waals surface area contributed by atoms with Crippen LogP contribution in [0.1, 0.15) is 5.56 Å². The molecule has 2 aromatic heterocycles. The van der Waals surface area contributed by atoms with E-state index in [4.69, 9.17) is 14.6 Å². The second-order valence-corrected chi connectivity index (χ2v) is 11.0. The van der Waals surface area contributed by atoms with Crippen molar-refractivity contribution in [1.82, 2.24) is 15.3 Å². The minimum absolute atomic E-state index is 0.0277. The summed E-state index contributed by atoms with van der Waals surface area (Å²) in [6.45, 7) is 3.13. The van der Waals surface area contributed by atoms with Crippen molar-refractivity contribution >= 4 is 38.3 Å². The average Bonchev–Trinajstić information content (AvgIpc) is 3.00. The van der Waals surface area contributed by atoms with Crippen LogP contribution in [0.2, 0.25) is 0 Å². The van der Waals surface area contributed by atoms with Gasteiger partial charge in [-0.05, 0) is 29.8 Å². The van der Waals surface area contributed by atoms with Crippen LogP contribution < -0.4 is 19.7 Å². The van der Waals surface area contributed by atoms with Crippen LogP contribution >= 0.6 is 0 Å². The Hall–Kier alpha value is -5.08. The van der Waals surface area contributed by atoms with E-state index in [-0.39, 0.29) is 11.6 Å². The maximum Gasteiger partial charge on any atom is 0.490 e. The molecule has 0 amide bonds. The van der Waals surface area contributed by atoms with E-state index in [2.05, 4.69) is 31.0 Å². The highest BCUT2D eigenvalue weighted by molar-refractivity contribution is 7.92. The number of benzene rings is 2. The Balaban J connectivity index is 0.000000591. The van der Waals surface area contributed by atoms with Gasteiger partial charge in [0, 0.05) is 61.0 Å².